The number of aromatic nitrogens is 4. The summed E-state index contributed by atoms with van der Waals surface area (Å²) in [6, 6.07) is 15.4. The smallest absolute Gasteiger partial charge is 0.234 e. The van der Waals surface area contributed by atoms with Gasteiger partial charge in [-0.15, -0.1) is 5.10 Å². The van der Waals surface area contributed by atoms with Crippen molar-refractivity contribution in [3.05, 3.63) is 48.5 Å². The molecule has 1 aliphatic rings. The highest BCUT2D eigenvalue weighted by atomic mass is 32.2. The van der Waals surface area contributed by atoms with Crippen molar-refractivity contribution in [1.29, 1.82) is 0 Å². The van der Waals surface area contributed by atoms with Crippen LogP contribution in [-0.4, -0.2) is 76.6 Å². The molecule has 1 saturated heterocycles. The number of carbonyl (C=O) groups excluding carboxylic acids is 1. The number of nitrogens with one attached hydrogen (secondary N) is 1. The normalized spacial score (nSPS) is 14.4. The lowest BCUT2D eigenvalue weighted by atomic mass is 10.2. The Balaban J connectivity index is 1.30. The predicted molar refractivity (Wildman–Crippen MR) is 126 cm³/mol. The third-order valence-electron chi connectivity index (χ3n) is 5.43. The number of anilines is 2. The average molecular weight is 454 g/mol. The van der Waals surface area contributed by atoms with Gasteiger partial charge < -0.3 is 19.9 Å². The molecule has 0 aliphatic carbocycles. The average Bonchev–Trinajstić information content (AvgIpc) is 3.32. The highest BCUT2D eigenvalue weighted by Gasteiger charge is 2.16. The summed E-state index contributed by atoms with van der Waals surface area (Å²) in [6.45, 7) is 7.52. The lowest BCUT2D eigenvalue weighted by Gasteiger charge is -2.35. The first-order valence-corrected chi connectivity index (χ1v) is 11.6. The molecule has 2 heterocycles. The number of amides is 1. The molecule has 1 fully saturated rings. The molecule has 0 unspecified atom stereocenters. The maximum Gasteiger partial charge on any atom is 0.234 e. The SMILES string of the molecule is CCN1CCN(c2ccc(NC(=O)CSc3nnnn3-c3ccc(OC)cc3)cc2)CC1. The molecule has 0 saturated carbocycles. The van der Waals surface area contributed by atoms with Crippen LogP contribution < -0.4 is 15.0 Å². The Kier molecular flexibility index (Phi) is 7.23. The maximum atomic E-state index is 12.5. The van der Waals surface area contributed by atoms with Gasteiger partial charge in [0.05, 0.1) is 18.6 Å². The zero-order chi connectivity index (χ0) is 22.3. The van der Waals surface area contributed by atoms with Crippen LogP contribution in [0.4, 0.5) is 11.4 Å². The van der Waals surface area contributed by atoms with Crippen LogP contribution in [0.3, 0.4) is 0 Å². The Hall–Kier alpha value is -3.11. The Morgan fingerprint density at radius 3 is 2.38 bits per heavy atom. The number of piperazine rings is 1. The highest BCUT2D eigenvalue weighted by molar-refractivity contribution is 7.99. The molecule has 1 N–H and O–H groups in total. The van der Waals surface area contributed by atoms with Crippen molar-refractivity contribution >= 4 is 29.0 Å². The molecular formula is C22H27N7O2S. The number of methoxy groups -OCH3 is 1. The van der Waals surface area contributed by atoms with E-state index in [1.807, 2.05) is 36.4 Å². The molecule has 1 aromatic heterocycles. The van der Waals surface area contributed by atoms with E-state index in [0.29, 0.717) is 5.16 Å². The number of nitrogens with zero attached hydrogens (tertiary/aromatic N) is 6. The summed E-state index contributed by atoms with van der Waals surface area (Å²) in [7, 11) is 1.62. The fourth-order valence-corrected chi connectivity index (χ4v) is 4.25. The number of hydrogen-bond donors (Lipinski definition) is 1. The van der Waals surface area contributed by atoms with E-state index in [2.05, 4.69) is 49.7 Å². The fourth-order valence-electron chi connectivity index (χ4n) is 3.56. The van der Waals surface area contributed by atoms with Crippen LogP contribution in [0, 0.1) is 0 Å². The van der Waals surface area contributed by atoms with Crippen LogP contribution in [-0.2, 0) is 4.79 Å². The van der Waals surface area contributed by atoms with Crippen LogP contribution in [0.25, 0.3) is 5.69 Å². The standard InChI is InChI=1S/C22H27N7O2S/c1-3-27-12-14-28(15-13-27)18-6-4-17(5-7-18)23-21(30)16-32-22-24-25-26-29(22)19-8-10-20(31-2)11-9-19/h4-11H,3,12-16H2,1-2H3,(H,23,30). The Labute approximate surface area is 191 Å². The second-order valence-electron chi connectivity index (χ2n) is 7.38. The van der Waals surface area contributed by atoms with Gasteiger partial charge in [0.15, 0.2) is 0 Å². The van der Waals surface area contributed by atoms with Crippen molar-refractivity contribution in [3.8, 4) is 11.4 Å². The van der Waals surface area contributed by atoms with Crippen LogP contribution in [0.5, 0.6) is 5.75 Å². The van der Waals surface area contributed by atoms with Crippen LogP contribution >= 0.6 is 11.8 Å². The molecule has 1 aliphatic heterocycles. The van der Waals surface area contributed by atoms with Crippen molar-refractivity contribution in [3.63, 3.8) is 0 Å². The van der Waals surface area contributed by atoms with Gasteiger partial charge in [0.25, 0.3) is 0 Å². The molecule has 1 amide bonds. The molecule has 9 nitrogen and oxygen atoms in total. The first-order chi connectivity index (χ1) is 15.7. The van der Waals surface area contributed by atoms with E-state index in [1.54, 1.807) is 11.8 Å². The van der Waals surface area contributed by atoms with E-state index in [9.17, 15) is 4.79 Å². The summed E-state index contributed by atoms with van der Waals surface area (Å²) in [5, 5.41) is 15.3. The lowest BCUT2D eigenvalue weighted by molar-refractivity contribution is -0.113. The van der Waals surface area contributed by atoms with Crippen molar-refractivity contribution in [2.24, 2.45) is 0 Å². The van der Waals surface area contributed by atoms with E-state index in [4.69, 9.17) is 4.74 Å². The second-order valence-corrected chi connectivity index (χ2v) is 8.32. The molecule has 0 spiro atoms. The Bertz CT molecular complexity index is 1020. The Morgan fingerprint density at radius 1 is 1.03 bits per heavy atom. The molecule has 32 heavy (non-hydrogen) atoms. The van der Waals surface area contributed by atoms with Gasteiger partial charge in [-0.05, 0) is 65.5 Å². The van der Waals surface area contributed by atoms with Gasteiger partial charge in [0.1, 0.15) is 5.75 Å². The monoisotopic (exact) mass is 453 g/mol. The summed E-state index contributed by atoms with van der Waals surface area (Å²) in [5.74, 6) is 0.852. The summed E-state index contributed by atoms with van der Waals surface area (Å²) in [6.07, 6.45) is 0. The van der Waals surface area contributed by atoms with Gasteiger partial charge in [-0.2, -0.15) is 4.68 Å². The lowest BCUT2D eigenvalue weighted by Crippen LogP contribution is -2.46. The second kappa shape index (κ2) is 10.5. The zero-order valence-corrected chi connectivity index (χ0v) is 19.1. The predicted octanol–water partition coefficient (Wildman–Crippen LogP) is 2.54. The fraction of sp³-hybridized carbons (Fsp3) is 0.364. The molecule has 168 valence electrons. The number of ether oxygens (including phenoxy) is 1. The van der Waals surface area contributed by atoms with Gasteiger partial charge in [0, 0.05) is 37.6 Å². The molecule has 4 rings (SSSR count). The molecule has 0 radical (unpaired) electrons. The quantitative estimate of drug-likeness (QED) is 0.521. The van der Waals surface area contributed by atoms with Crippen LogP contribution in [0.1, 0.15) is 6.92 Å². The van der Waals surface area contributed by atoms with Crippen LogP contribution in [0.15, 0.2) is 53.7 Å². The van der Waals surface area contributed by atoms with E-state index >= 15 is 0 Å². The summed E-state index contributed by atoms with van der Waals surface area (Å²) in [4.78, 5) is 17.3. The summed E-state index contributed by atoms with van der Waals surface area (Å²) >= 11 is 1.28. The molecule has 0 atom stereocenters. The summed E-state index contributed by atoms with van der Waals surface area (Å²) in [5.41, 5.74) is 2.77. The number of thioether (sulfide) groups is 1. The molecular weight excluding hydrogens is 426 g/mol. The summed E-state index contributed by atoms with van der Waals surface area (Å²) < 4.78 is 6.78. The van der Waals surface area contributed by atoms with Gasteiger partial charge in [-0.1, -0.05) is 18.7 Å². The number of likely N-dealkylation sites (N-methyl/N-ethyl adjacent to an activating group) is 1. The third-order valence-corrected chi connectivity index (χ3v) is 6.35. The van der Waals surface area contributed by atoms with Crippen molar-refractivity contribution in [2.75, 3.05) is 55.8 Å². The van der Waals surface area contributed by atoms with Crippen molar-refractivity contribution in [2.45, 2.75) is 12.1 Å². The van der Waals surface area contributed by atoms with E-state index in [1.165, 1.54) is 17.4 Å². The van der Waals surface area contributed by atoms with E-state index in [-0.39, 0.29) is 11.7 Å². The van der Waals surface area contributed by atoms with Crippen molar-refractivity contribution in [1.82, 2.24) is 25.1 Å². The largest absolute Gasteiger partial charge is 0.497 e. The zero-order valence-electron chi connectivity index (χ0n) is 18.3. The van der Waals surface area contributed by atoms with E-state index in [0.717, 1.165) is 49.8 Å². The molecule has 0 bridgehead atoms. The first kappa shape index (κ1) is 22.1. The molecule has 10 heteroatoms. The topological polar surface area (TPSA) is 88.4 Å². The number of rotatable bonds is 8. The molecule has 2 aromatic carbocycles. The maximum absolute atomic E-state index is 12.5. The van der Waals surface area contributed by atoms with Crippen LogP contribution in [0.2, 0.25) is 0 Å². The van der Waals surface area contributed by atoms with Crippen molar-refractivity contribution < 1.29 is 9.53 Å². The van der Waals surface area contributed by atoms with Gasteiger partial charge in [-0.3, -0.25) is 4.79 Å². The minimum absolute atomic E-state index is 0.108. The number of hydrogen-bond acceptors (Lipinski definition) is 8. The Morgan fingerprint density at radius 2 is 1.72 bits per heavy atom. The van der Waals surface area contributed by atoms with Gasteiger partial charge >= 0.3 is 0 Å². The number of tetrazole rings is 1. The minimum atomic E-state index is -0.108. The minimum Gasteiger partial charge on any atom is -0.497 e. The van der Waals surface area contributed by atoms with Gasteiger partial charge in [0.2, 0.25) is 11.1 Å². The van der Waals surface area contributed by atoms with Gasteiger partial charge in [-0.25, -0.2) is 0 Å². The number of benzene rings is 2. The highest BCUT2D eigenvalue weighted by Crippen LogP contribution is 2.22. The third kappa shape index (κ3) is 5.38. The first-order valence-electron chi connectivity index (χ1n) is 10.6. The number of carbonyl (C=O) groups is 1. The van der Waals surface area contributed by atoms with E-state index < -0.39 is 0 Å². The molecule has 3 aromatic rings.